The molecule has 0 aliphatic heterocycles. The van der Waals surface area contributed by atoms with Crippen molar-refractivity contribution in [3.05, 3.63) is 162 Å². The fourth-order valence-corrected chi connectivity index (χ4v) is 8.44. The minimum Gasteiger partial charge on any atom is -0.464 e. The highest BCUT2D eigenvalue weighted by Crippen LogP contribution is 2.66. The summed E-state index contributed by atoms with van der Waals surface area (Å²) < 4.78 is 6.01. The van der Waals surface area contributed by atoms with Crippen LogP contribution in [-0.2, 0) is 10.8 Å². The molecule has 46 heavy (non-hydrogen) atoms. The molecule has 0 saturated heterocycles. The highest BCUT2D eigenvalue weighted by molar-refractivity contribution is 6.10. The van der Waals surface area contributed by atoms with Gasteiger partial charge in [0.05, 0.1) is 12.0 Å². The number of rotatable bonds is 4. The molecule has 2 nitrogen and oxygen atoms in total. The molecular weight excluding hydrogens is 558 g/mol. The van der Waals surface area contributed by atoms with Gasteiger partial charge in [0.1, 0.15) is 5.58 Å². The normalized spacial score (nSPS) is 14.9. The van der Waals surface area contributed by atoms with E-state index in [1.54, 1.807) is 6.26 Å². The SMILES string of the molecule is CC1(C)c2ccccc2-c2c(-c3ccc4ccoc4c3)c3c(c(N(c4ccccc4)c4ccccc4)c21)C(C)(C)c1ccccc1-3. The molecule has 6 aromatic carbocycles. The molecule has 0 radical (unpaired) electrons. The lowest BCUT2D eigenvalue weighted by atomic mass is 9.73. The fourth-order valence-electron chi connectivity index (χ4n) is 8.44. The zero-order valence-corrected chi connectivity index (χ0v) is 26.6. The smallest absolute Gasteiger partial charge is 0.134 e. The van der Waals surface area contributed by atoms with Gasteiger partial charge < -0.3 is 9.32 Å². The van der Waals surface area contributed by atoms with Crippen molar-refractivity contribution in [1.29, 1.82) is 0 Å². The van der Waals surface area contributed by atoms with Gasteiger partial charge in [0.15, 0.2) is 0 Å². The Morgan fingerprint density at radius 1 is 0.500 bits per heavy atom. The number of fused-ring (bicyclic) bond motifs is 7. The lowest BCUT2D eigenvalue weighted by Gasteiger charge is -2.38. The third-order valence-electron chi connectivity index (χ3n) is 10.5. The lowest BCUT2D eigenvalue weighted by molar-refractivity contribution is 0.616. The minimum atomic E-state index is -0.257. The molecule has 0 fully saturated rings. The number of anilines is 3. The summed E-state index contributed by atoms with van der Waals surface area (Å²) in [5, 5.41) is 1.12. The number of nitrogens with zero attached hydrogens (tertiary/aromatic N) is 1. The molecule has 2 aliphatic carbocycles. The average molecular weight is 594 g/mol. The molecule has 222 valence electrons. The first-order valence-corrected chi connectivity index (χ1v) is 16.2. The van der Waals surface area contributed by atoms with Gasteiger partial charge in [0, 0.05) is 27.6 Å². The summed E-state index contributed by atoms with van der Waals surface area (Å²) in [6, 6.07) is 48.7. The van der Waals surface area contributed by atoms with Gasteiger partial charge >= 0.3 is 0 Å². The Morgan fingerprint density at radius 3 is 1.54 bits per heavy atom. The highest BCUT2D eigenvalue weighted by atomic mass is 16.3. The van der Waals surface area contributed by atoms with E-state index in [9.17, 15) is 0 Å². The maximum absolute atomic E-state index is 6.01. The topological polar surface area (TPSA) is 16.4 Å². The van der Waals surface area contributed by atoms with Crippen LogP contribution in [0.15, 0.2) is 144 Å². The maximum Gasteiger partial charge on any atom is 0.134 e. The molecule has 9 rings (SSSR count). The van der Waals surface area contributed by atoms with E-state index >= 15 is 0 Å². The predicted octanol–water partition coefficient (Wildman–Crippen LogP) is 12.2. The fraction of sp³-hybridized carbons (Fsp3) is 0.136. The Labute approximate surface area is 270 Å². The molecule has 7 aromatic rings. The standard InChI is InChI=1S/C44H35NO/c1-43(2)34-21-13-11-19-32(34)38-37(29-24-23-28-25-26-46-36(28)27-29)39-33-20-12-14-22-35(33)44(3,4)41(39)42(40(38)43)45(30-15-7-5-8-16-30)31-17-9-6-10-18-31/h5-27H,1-4H3. The molecule has 0 amide bonds. The first-order valence-electron chi connectivity index (χ1n) is 16.2. The van der Waals surface area contributed by atoms with E-state index < -0.39 is 0 Å². The third kappa shape index (κ3) is 3.59. The van der Waals surface area contributed by atoms with Gasteiger partial charge in [0.25, 0.3) is 0 Å². The maximum atomic E-state index is 6.01. The van der Waals surface area contributed by atoms with Gasteiger partial charge in [-0.25, -0.2) is 0 Å². The van der Waals surface area contributed by atoms with Crippen molar-refractivity contribution in [3.8, 4) is 33.4 Å². The minimum absolute atomic E-state index is 0.257. The molecule has 1 heterocycles. The van der Waals surface area contributed by atoms with Crippen molar-refractivity contribution in [2.45, 2.75) is 38.5 Å². The van der Waals surface area contributed by atoms with Crippen molar-refractivity contribution < 1.29 is 4.42 Å². The zero-order chi connectivity index (χ0) is 31.2. The largest absolute Gasteiger partial charge is 0.464 e. The van der Waals surface area contributed by atoms with Gasteiger partial charge in [-0.05, 0) is 92.0 Å². The summed E-state index contributed by atoms with van der Waals surface area (Å²) in [6.45, 7) is 9.65. The van der Waals surface area contributed by atoms with E-state index in [0.29, 0.717) is 0 Å². The van der Waals surface area contributed by atoms with Crippen molar-refractivity contribution >= 4 is 28.0 Å². The molecule has 0 bridgehead atoms. The van der Waals surface area contributed by atoms with Gasteiger partial charge in [-0.15, -0.1) is 0 Å². The summed E-state index contributed by atoms with van der Waals surface area (Å²) in [7, 11) is 0. The second kappa shape index (κ2) is 9.58. The highest BCUT2D eigenvalue weighted by Gasteiger charge is 2.48. The second-order valence-electron chi connectivity index (χ2n) is 13.7. The van der Waals surface area contributed by atoms with Crippen LogP contribution in [0.4, 0.5) is 17.1 Å². The molecular formula is C44H35NO. The summed E-state index contributed by atoms with van der Waals surface area (Å²) in [6.07, 6.45) is 1.79. The van der Waals surface area contributed by atoms with Crippen LogP contribution >= 0.6 is 0 Å². The van der Waals surface area contributed by atoms with Crippen molar-refractivity contribution in [2.24, 2.45) is 0 Å². The van der Waals surface area contributed by atoms with Crippen LogP contribution in [0.25, 0.3) is 44.3 Å². The Bertz CT molecular complexity index is 2180. The first-order chi connectivity index (χ1) is 22.4. The molecule has 0 atom stereocenters. The Kier molecular flexibility index (Phi) is 5.63. The Morgan fingerprint density at radius 2 is 1.00 bits per heavy atom. The first kappa shape index (κ1) is 27.0. The number of benzene rings is 6. The molecule has 2 heteroatoms. The number of para-hydroxylation sites is 2. The summed E-state index contributed by atoms with van der Waals surface area (Å²) in [4.78, 5) is 2.53. The predicted molar refractivity (Wildman–Crippen MR) is 191 cm³/mol. The number of furan rings is 1. The number of hydrogen-bond acceptors (Lipinski definition) is 2. The van der Waals surface area contributed by atoms with E-state index in [2.05, 4.69) is 160 Å². The Hall–Kier alpha value is -5.34. The molecule has 1 aromatic heterocycles. The molecule has 0 unspecified atom stereocenters. The van der Waals surface area contributed by atoms with Crippen LogP contribution in [0.5, 0.6) is 0 Å². The molecule has 2 aliphatic rings. The Balaban J connectivity index is 1.54. The summed E-state index contributed by atoms with van der Waals surface area (Å²) in [5.74, 6) is 0. The van der Waals surface area contributed by atoms with Crippen molar-refractivity contribution in [1.82, 2.24) is 0 Å². The van der Waals surface area contributed by atoms with Gasteiger partial charge in [-0.1, -0.05) is 125 Å². The molecule has 0 saturated carbocycles. The van der Waals surface area contributed by atoms with E-state index in [1.807, 2.05) is 6.07 Å². The van der Waals surface area contributed by atoms with Crippen LogP contribution in [0.2, 0.25) is 0 Å². The van der Waals surface area contributed by atoms with Crippen molar-refractivity contribution in [2.75, 3.05) is 4.90 Å². The second-order valence-corrected chi connectivity index (χ2v) is 13.7. The number of hydrogen-bond donors (Lipinski definition) is 0. The third-order valence-corrected chi connectivity index (χ3v) is 10.5. The van der Waals surface area contributed by atoms with Crippen LogP contribution < -0.4 is 4.90 Å². The average Bonchev–Trinajstić information content (AvgIpc) is 3.72. The summed E-state index contributed by atoms with van der Waals surface area (Å²) in [5.41, 5.74) is 17.2. The van der Waals surface area contributed by atoms with E-state index in [4.69, 9.17) is 4.42 Å². The van der Waals surface area contributed by atoms with Crippen LogP contribution in [0.3, 0.4) is 0 Å². The lowest BCUT2D eigenvalue weighted by Crippen LogP contribution is -2.26. The van der Waals surface area contributed by atoms with Gasteiger partial charge in [-0.3, -0.25) is 0 Å². The van der Waals surface area contributed by atoms with E-state index in [-0.39, 0.29) is 10.8 Å². The van der Waals surface area contributed by atoms with Gasteiger partial charge in [-0.2, -0.15) is 0 Å². The quantitative estimate of drug-likeness (QED) is 0.202. The molecule has 0 spiro atoms. The van der Waals surface area contributed by atoms with E-state index in [1.165, 1.54) is 61.3 Å². The van der Waals surface area contributed by atoms with Gasteiger partial charge in [0.2, 0.25) is 0 Å². The van der Waals surface area contributed by atoms with Crippen LogP contribution in [-0.4, -0.2) is 0 Å². The van der Waals surface area contributed by atoms with Crippen LogP contribution in [0.1, 0.15) is 49.9 Å². The summed E-state index contributed by atoms with van der Waals surface area (Å²) >= 11 is 0. The van der Waals surface area contributed by atoms with E-state index in [0.717, 1.165) is 22.3 Å². The monoisotopic (exact) mass is 593 g/mol. The van der Waals surface area contributed by atoms with Crippen molar-refractivity contribution in [3.63, 3.8) is 0 Å². The zero-order valence-electron chi connectivity index (χ0n) is 26.6. The van der Waals surface area contributed by atoms with Crippen LogP contribution in [0, 0.1) is 0 Å². The molecule has 0 N–H and O–H groups in total.